The van der Waals surface area contributed by atoms with Crippen molar-refractivity contribution in [3.8, 4) is 11.1 Å². The van der Waals surface area contributed by atoms with Gasteiger partial charge in [0.2, 0.25) is 0 Å². The van der Waals surface area contributed by atoms with Gasteiger partial charge in [-0.2, -0.15) is 5.10 Å². The third-order valence-corrected chi connectivity index (χ3v) is 8.62. The number of hydrogen-bond donors (Lipinski definition) is 2. The molecular weight excluding hydrogens is 528 g/mol. The Morgan fingerprint density at radius 3 is 2.67 bits per heavy atom. The summed E-state index contributed by atoms with van der Waals surface area (Å²) in [6.07, 6.45) is 6.01. The first-order valence-corrected chi connectivity index (χ1v) is 14.9. The number of pyridine rings is 1. The zero-order valence-electron chi connectivity index (χ0n) is 24.7. The van der Waals surface area contributed by atoms with Crippen molar-refractivity contribution in [2.75, 3.05) is 6.54 Å². The van der Waals surface area contributed by atoms with Crippen LogP contribution in [0, 0.1) is 0 Å². The van der Waals surface area contributed by atoms with Crippen LogP contribution >= 0.6 is 0 Å². The van der Waals surface area contributed by atoms with E-state index < -0.39 is 5.76 Å². The number of carbonyl (C=O) groups is 1. The maximum Gasteiger partial charge on any atom is 0.417 e. The van der Waals surface area contributed by atoms with Crippen LogP contribution in [0.1, 0.15) is 74.0 Å². The van der Waals surface area contributed by atoms with Crippen LogP contribution in [-0.2, 0) is 13.6 Å². The smallest absolute Gasteiger partial charge is 0.408 e. The summed E-state index contributed by atoms with van der Waals surface area (Å²) in [6.45, 7) is 7.52. The van der Waals surface area contributed by atoms with Crippen LogP contribution in [0.2, 0.25) is 0 Å². The molecule has 42 heavy (non-hydrogen) atoms. The first kappa shape index (κ1) is 27.9. The number of H-pyrrole nitrogens is 1. The molecule has 9 nitrogen and oxygen atoms in total. The highest BCUT2D eigenvalue weighted by Gasteiger charge is 2.27. The standard InChI is InChI=1S/C33H38N6O3/c1-5-39(20(2)3)32(40)25-9-7-6-8-24(25)26-17-28(36-31-27(26)19-35-38(31)4)22-11-13-23(14-12-22)34-18-21-10-15-30-29(16-21)37-33(41)42-30/h6-10,15-17,19-20,22-23,34H,5,11-14,18H2,1-4H3,(H,37,41). The zero-order chi connectivity index (χ0) is 29.4. The van der Waals surface area contributed by atoms with Gasteiger partial charge in [-0.1, -0.05) is 24.3 Å². The lowest BCUT2D eigenvalue weighted by atomic mass is 9.83. The van der Waals surface area contributed by atoms with Gasteiger partial charge in [0.05, 0.1) is 11.7 Å². The van der Waals surface area contributed by atoms with Crippen LogP contribution in [0.5, 0.6) is 0 Å². The van der Waals surface area contributed by atoms with Crippen molar-refractivity contribution in [3.05, 3.63) is 82.1 Å². The summed E-state index contributed by atoms with van der Waals surface area (Å²) in [5, 5.41) is 9.19. The highest BCUT2D eigenvalue weighted by molar-refractivity contribution is 6.05. The quantitative estimate of drug-likeness (QED) is 0.247. The molecule has 0 spiro atoms. The molecule has 0 aliphatic heterocycles. The molecule has 0 atom stereocenters. The first-order valence-electron chi connectivity index (χ1n) is 14.9. The second-order valence-corrected chi connectivity index (χ2v) is 11.6. The average Bonchev–Trinajstić information content (AvgIpc) is 3.56. The molecule has 5 aromatic rings. The second kappa shape index (κ2) is 11.6. The Morgan fingerprint density at radius 1 is 1.12 bits per heavy atom. The molecule has 0 unspecified atom stereocenters. The minimum absolute atomic E-state index is 0.0448. The predicted molar refractivity (Wildman–Crippen MR) is 164 cm³/mol. The summed E-state index contributed by atoms with van der Waals surface area (Å²) in [7, 11) is 1.93. The number of nitrogens with one attached hydrogen (secondary N) is 2. The summed E-state index contributed by atoms with van der Waals surface area (Å²) < 4.78 is 6.95. The molecule has 1 aliphatic rings. The topological polar surface area (TPSA) is 109 Å². The largest absolute Gasteiger partial charge is 0.417 e. The predicted octanol–water partition coefficient (Wildman–Crippen LogP) is 5.76. The minimum atomic E-state index is -0.428. The summed E-state index contributed by atoms with van der Waals surface area (Å²) in [4.78, 5) is 34.9. The highest BCUT2D eigenvalue weighted by atomic mass is 16.4. The minimum Gasteiger partial charge on any atom is -0.408 e. The van der Waals surface area contributed by atoms with Gasteiger partial charge in [-0.05, 0) is 87.4 Å². The van der Waals surface area contributed by atoms with Crippen LogP contribution in [0.3, 0.4) is 0 Å². The number of aromatic amines is 1. The van der Waals surface area contributed by atoms with Gasteiger partial charge < -0.3 is 14.6 Å². The fourth-order valence-electron chi connectivity index (χ4n) is 6.33. The van der Waals surface area contributed by atoms with Gasteiger partial charge in [0.15, 0.2) is 11.2 Å². The maximum absolute atomic E-state index is 13.7. The van der Waals surface area contributed by atoms with Crippen LogP contribution in [0.25, 0.3) is 33.3 Å². The fourth-order valence-corrected chi connectivity index (χ4v) is 6.33. The molecule has 3 aromatic heterocycles. The summed E-state index contributed by atoms with van der Waals surface area (Å²) in [5.41, 5.74) is 6.97. The van der Waals surface area contributed by atoms with Crippen LogP contribution in [0.15, 0.2) is 63.9 Å². The number of nitrogens with zero attached hydrogens (tertiary/aromatic N) is 4. The lowest BCUT2D eigenvalue weighted by molar-refractivity contribution is 0.0717. The van der Waals surface area contributed by atoms with Gasteiger partial charge in [0, 0.05) is 54.8 Å². The third-order valence-electron chi connectivity index (χ3n) is 8.62. The van der Waals surface area contributed by atoms with E-state index in [1.54, 1.807) is 0 Å². The number of benzene rings is 2. The molecule has 0 bridgehead atoms. The van der Waals surface area contributed by atoms with Crippen molar-refractivity contribution in [2.24, 2.45) is 7.05 Å². The molecule has 9 heteroatoms. The Hall–Kier alpha value is -4.24. The van der Waals surface area contributed by atoms with Gasteiger partial charge in [-0.3, -0.25) is 14.5 Å². The molecule has 1 saturated carbocycles. The molecule has 1 aliphatic carbocycles. The van der Waals surface area contributed by atoms with E-state index in [1.165, 1.54) is 0 Å². The molecule has 0 saturated heterocycles. The van der Waals surface area contributed by atoms with E-state index in [0.717, 1.165) is 71.2 Å². The number of aromatic nitrogens is 4. The van der Waals surface area contributed by atoms with Gasteiger partial charge in [-0.15, -0.1) is 0 Å². The van der Waals surface area contributed by atoms with E-state index >= 15 is 0 Å². The summed E-state index contributed by atoms with van der Waals surface area (Å²) in [6, 6.07) is 16.4. The number of rotatable bonds is 8. The molecule has 2 aromatic carbocycles. The second-order valence-electron chi connectivity index (χ2n) is 11.6. The number of carbonyl (C=O) groups excluding carboxylic acids is 1. The molecule has 3 heterocycles. The molecular formula is C33H38N6O3. The van der Waals surface area contributed by atoms with Crippen molar-refractivity contribution in [1.82, 2.24) is 30.0 Å². The molecule has 1 fully saturated rings. The number of oxazole rings is 1. The SMILES string of the molecule is CCN(C(=O)c1ccccc1-c1cc(C2CCC(NCc3ccc4oc(=O)[nH]c4c3)CC2)nc2c1cnn2C)C(C)C. The van der Waals surface area contributed by atoms with Crippen molar-refractivity contribution in [3.63, 3.8) is 0 Å². The van der Waals surface area contributed by atoms with Gasteiger partial charge >= 0.3 is 5.76 Å². The summed E-state index contributed by atoms with van der Waals surface area (Å²) >= 11 is 0. The monoisotopic (exact) mass is 566 g/mol. The highest BCUT2D eigenvalue weighted by Crippen LogP contribution is 2.38. The van der Waals surface area contributed by atoms with Gasteiger partial charge in [0.1, 0.15) is 0 Å². The van der Waals surface area contributed by atoms with E-state index in [0.29, 0.717) is 29.7 Å². The van der Waals surface area contributed by atoms with E-state index in [4.69, 9.17) is 9.40 Å². The normalized spacial score (nSPS) is 17.4. The Balaban J connectivity index is 1.23. The van der Waals surface area contributed by atoms with Crippen molar-refractivity contribution < 1.29 is 9.21 Å². The fraction of sp³-hybridized carbons (Fsp3) is 0.394. The van der Waals surface area contributed by atoms with Crippen LogP contribution in [-0.4, -0.2) is 49.2 Å². The average molecular weight is 567 g/mol. The molecule has 6 rings (SSSR count). The third kappa shape index (κ3) is 5.36. The van der Waals surface area contributed by atoms with Crippen molar-refractivity contribution >= 4 is 28.0 Å². The summed E-state index contributed by atoms with van der Waals surface area (Å²) in [5.74, 6) is -0.0504. The lowest BCUT2D eigenvalue weighted by Crippen LogP contribution is -2.36. The molecule has 2 N–H and O–H groups in total. The zero-order valence-corrected chi connectivity index (χ0v) is 24.7. The lowest BCUT2D eigenvalue weighted by Gasteiger charge is -2.29. The molecule has 218 valence electrons. The Bertz CT molecular complexity index is 1790. The van der Waals surface area contributed by atoms with E-state index in [2.05, 4.69) is 35.3 Å². The number of hydrogen-bond acceptors (Lipinski definition) is 6. The first-order chi connectivity index (χ1) is 20.3. The van der Waals surface area contributed by atoms with Gasteiger partial charge in [-0.25, -0.2) is 9.78 Å². The van der Waals surface area contributed by atoms with Crippen molar-refractivity contribution in [1.29, 1.82) is 0 Å². The number of aryl methyl sites for hydroxylation is 1. The Kier molecular flexibility index (Phi) is 7.68. The maximum atomic E-state index is 13.7. The van der Waals surface area contributed by atoms with Gasteiger partial charge in [0.25, 0.3) is 5.91 Å². The van der Waals surface area contributed by atoms with E-state index in [1.807, 2.05) is 72.2 Å². The van der Waals surface area contributed by atoms with Crippen LogP contribution < -0.4 is 11.1 Å². The molecule has 0 radical (unpaired) electrons. The Morgan fingerprint density at radius 2 is 1.90 bits per heavy atom. The van der Waals surface area contributed by atoms with E-state index in [-0.39, 0.29) is 11.9 Å². The van der Waals surface area contributed by atoms with Crippen LogP contribution in [0.4, 0.5) is 0 Å². The molecule has 1 amide bonds. The van der Waals surface area contributed by atoms with Crippen molar-refractivity contribution in [2.45, 2.75) is 71.0 Å². The van der Waals surface area contributed by atoms with E-state index in [9.17, 15) is 9.59 Å². The number of amides is 1. The number of fused-ring (bicyclic) bond motifs is 2. The Labute approximate surface area is 244 Å².